The fraction of sp³-hybridized carbons (Fsp3) is 0.133. The van der Waals surface area contributed by atoms with E-state index in [1.807, 2.05) is 46.3 Å². The van der Waals surface area contributed by atoms with Gasteiger partial charge >= 0.3 is 0 Å². The zero-order valence-electron chi connectivity index (χ0n) is 10.9. The number of anilines is 1. The van der Waals surface area contributed by atoms with Crippen molar-refractivity contribution in [2.45, 2.75) is 6.04 Å². The van der Waals surface area contributed by atoms with Crippen molar-refractivity contribution < 1.29 is 4.79 Å². The van der Waals surface area contributed by atoms with Crippen LogP contribution in [0, 0.1) is 17.2 Å². The standard InChI is InChI=1S/C15H10N4OS/c16-8-9-13(12-6-3-7-21-12)19-11-5-2-1-4-10(11)17-15(19)18-14(9)20/h1-7,9,13H,(H,17,18,20)/t9-,13-/m0/s1. The van der Waals surface area contributed by atoms with Gasteiger partial charge in [0.25, 0.3) is 0 Å². The number of rotatable bonds is 1. The van der Waals surface area contributed by atoms with Crippen molar-refractivity contribution in [1.82, 2.24) is 9.55 Å². The van der Waals surface area contributed by atoms with Crippen LogP contribution >= 0.6 is 11.3 Å². The summed E-state index contributed by atoms with van der Waals surface area (Å²) >= 11 is 1.55. The first-order chi connectivity index (χ1) is 10.3. The molecule has 0 fully saturated rings. The number of nitrogens with one attached hydrogen (secondary N) is 1. The van der Waals surface area contributed by atoms with Crippen molar-refractivity contribution in [2.24, 2.45) is 5.92 Å². The van der Waals surface area contributed by atoms with Gasteiger partial charge in [-0.3, -0.25) is 14.7 Å². The molecular weight excluding hydrogens is 284 g/mol. The maximum Gasteiger partial charge on any atom is 0.246 e. The highest BCUT2D eigenvalue weighted by molar-refractivity contribution is 7.10. The van der Waals surface area contributed by atoms with Crippen LogP contribution in [-0.4, -0.2) is 15.5 Å². The summed E-state index contributed by atoms with van der Waals surface area (Å²) in [4.78, 5) is 17.6. The van der Waals surface area contributed by atoms with Crippen LogP contribution < -0.4 is 5.32 Å². The lowest BCUT2D eigenvalue weighted by atomic mass is 9.96. The Bertz CT molecular complexity index is 875. The summed E-state index contributed by atoms with van der Waals surface area (Å²) in [6.07, 6.45) is 0. The molecule has 21 heavy (non-hydrogen) atoms. The molecule has 0 saturated heterocycles. The average molecular weight is 294 g/mol. The minimum Gasteiger partial charge on any atom is -0.300 e. The SMILES string of the molecule is N#C[C@@H]1C(=O)Nc2nc3ccccc3n2[C@@H]1c1cccs1. The van der Waals surface area contributed by atoms with Gasteiger partial charge in [-0.25, -0.2) is 4.98 Å². The molecule has 2 atom stereocenters. The van der Waals surface area contributed by atoms with Gasteiger partial charge in [-0.2, -0.15) is 5.26 Å². The zero-order valence-corrected chi connectivity index (χ0v) is 11.7. The number of aromatic nitrogens is 2. The van der Waals surface area contributed by atoms with Crippen molar-refractivity contribution in [1.29, 1.82) is 5.26 Å². The summed E-state index contributed by atoms with van der Waals surface area (Å²) < 4.78 is 1.95. The van der Waals surface area contributed by atoms with E-state index in [2.05, 4.69) is 16.4 Å². The first-order valence-electron chi connectivity index (χ1n) is 6.50. The molecule has 3 aromatic rings. The number of carbonyl (C=O) groups excluding carboxylic acids is 1. The lowest BCUT2D eigenvalue weighted by Crippen LogP contribution is -2.36. The summed E-state index contributed by atoms with van der Waals surface area (Å²) in [5, 5.41) is 14.1. The number of para-hydroxylation sites is 2. The number of thiophene rings is 1. The Balaban J connectivity index is 2.04. The molecule has 4 rings (SSSR count). The largest absolute Gasteiger partial charge is 0.300 e. The van der Waals surface area contributed by atoms with Gasteiger partial charge in [-0.15, -0.1) is 11.3 Å². The molecule has 0 spiro atoms. The molecule has 102 valence electrons. The minimum atomic E-state index is -0.756. The number of carbonyl (C=O) groups is 1. The number of nitriles is 1. The molecule has 0 radical (unpaired) electrons. The van der Waals surface area contributed by atoms with Gasteiger partial charge in [0, 0.05) is 4.88 Å². The number of hydrogen-bond donors (Lipinski definition) is 1. The van der Waals surface area contributed by atoms with Gasteiger partial charge in [0.15, 0.2) is 5.92 Å². The smallest absolute Gasteiger partial charge is 0.246 e. The van der Waals surface area contributed by atoms with E-state index < -0.39 is 5.92 Å². The molecule has 6 heteroatoms. The van der Waals surface area contributed by atoms with Crippen LogP contribution in [-0.2, 0) is 4.79 Å². The highest BCUT2D eigenvalue weighted by Crippen LogP contribution is 2.39. The van der Waals surface area contributed by atoms with Crippen molar-refractivity contribution in [3.8, 4) is 6.07 Å². The van der Waals surface area contributed by atoms with E-state index >= 15 is 0 Å². The summed E-state index contributed by atoms with van der Waals surface area (Å²) in [6, 6.07) is 13.4. The number of benzene rings is 1. The summed E-state index contributed by atoms with van der Waals surface area (Å²) in [6.45, 7) is 0. The van der Waals surface area contributed by atoms with Crippen molar-refractivity contribution in [2.75, 3.05) is 5.32 Å². The van der Waals surface area contributed by atoms with Crippen molar-refractivity contribution in [3.63, 3.8) is 0 Å². The predicted octanol–water partition coefficient (Wildman–Crippen LogP) is 2.78. The van der Waals surface area contributed by atoms with Crippen LogP contribution in [0.3, 0.4) is 0 Å². The molecular formula is C15H10N4OS. The second kappa shape index (κ2) is 4.43. The Kier molecular flexibility index (Phi) is 2.56. The van der Waals surface area contributed by atoms with E-state index in [0.29, 0.717) is 5.95 Å². The maximum absolute atomic E-state index is 12.2. The Morgan fingerprint density at radius 1 is 1.29 bits per heavy atom. The molecule has 2 aromatic heterocycles. The molecule has 5 nitrogen and oxygen atoms in total. The quantitative estimate of drug-likeness (QED) is 0.750. The monoisotopic (exact) mass is 294 g/mol. The second-order valence-electron chi connectivity index (χ2n) is 4.85. The molecule has 1 aromatic carbocycles. The van der Waals surface area contributed by atoms with Gasteiger partial charge in [0.05, 0.1) is 23.1 Å². The predicted molar refractivity (Wildman–Crippen MR) is 79.9 cm³/mol. The first kappa shape index (κ1) is 12.1. The Labute approximate surface area is 124 Å². The molecule has 0 aliphatic carbocycles. The van der Waals surface area contributed by atoms with Gasteiger partial charge in [0.1, 0.15) is 0 Å². The first-order valence-corrected chi connectivity index (χ1v) is 7.38. The third-order valence-corrected chi connectivity index (χ3v) is 4.62. The molecule has 0 saturated carbocycles. The van der Waals surface area contributed by atoms with Gasteiger partial charge in [0.2, 0.25) is 11.9 Å². The number of fused-ring (bicyclic) bond motifs is 3. The fourth-order valence-corrected chi connectivity index (χ4v) is 3.63. The lowest BCUT2D eigenvalue weighted by Gasteiger charge is -2.28. The summed E-state index contributed by atoms with van der Waals surface area (Å²) in [5.41, 5.74) is 1.74. The normalized spacial score (nSPS) is 20.8. The molecule has 1 N–H and O–H groups in total. The molecule has 0 bridgehead atoms. The Morgan fingerprint density at radius 2 is 2.14 bits per heavy atom. The van der Waals surface area contributed by atoms with Gasteiger partial charge in [-0.1, -0.05) is 18.2 Å². The van der Waals surface area contributed by atoms with E-state index in [9.17, 15) is 10.1 Å². The van der Waals surface area contributed by atoms with Crippen LogP contribution in [0.5, 0.6) is 0 Å². The van der Waals surface area contributed by atoms with E-state index in [1.54, 1.807) is 11.3 Å². The van der Waals surface area contributed by atoms with Crippen LogP contribution in [0.25, 0.3) is 11.0 Å². The number of hydrogen-bond acceptors (Lipinski definition) is 4. The average Bonchev–Trinajstić information content (AvgIpc) is 3.13. The third kappa shape index (κ3) is 1.68. The molecule has 1 aliphatic rings. The molecule has 3 heterocycles. The van der Waals surface area contributed by atoms with Crippen LogP contribution in [0.2, 0.25) is 0 Å². The lowest BCUT2D eigenvalue weighted by molar-refractivity contribution is -0.119. The van der Waals surface area contributed by atoms with Crippen LogP contribution in [0.1, 0.15) is 10.9 Å². The van der Waals surface area contributed by atoms with Crippen LogP contribution in [0.4, 0.5) is 5.95 Å². The van der Waals surface area contributed by atoms with Crippen LogP contribution in [0.15, 0.2) is 41.8 Å². The van der Waals surface area contributed by atoms with Gasteiger partial charge in [-0.05, 0) is 23.6 Å². The van der Waals surface area contributed by atoms with E-state index in [4.69, 9.17) is 0 Å². The second-order valence-corrected chi connectivity index (χ2v) is 5.83. The molecule has 0 unspecified atom stereocenters. The van der Waals surface area contributed by atoms with Gasteiger partial charge < -0.3 is 0 Å². The highest BCUT2D eigenvalue weighted by atomic mass is 32.1. The van der Waals surface area contributed by atoms with E-state index in [1.165, 1.54) is 0 Å². The summed E-state index contributed by atoms with van der Waals surface area (Å²) in [5.74, 6) is -0.543. The topological polar surface area (TPSA) is 70.7 Å². The zero-order chi connectivity index (χ0) is 14.4. The number of nitrogens with zero attached hydrogens (tertiary/aromatic N) is 3. The summed E-state index contributed by atoms with van der Waals surface area (Å²) in [7, 11) is 0. The Morgan fingerprint density at radius 3 is 2.90 bits per heavy atom. The maximum atomic E-state index is 12.2. The van der Waals surface area contributed by atoms with Crippen molar-refractivity contribution >= 4 is 34.2 Å². The molecule has 1 amide bonds. The number of amides is 1. The van der Waals surface area contributed by atoms with Crippen molar-refractivity contribution in [3.05, 3.63) is 46.7 Å². The third-order valence-electron chi connectivity index (χ3n) is 3.68. The molecule has 1 aliphatic heterocycles. The van der Waals surface area contributed by atoms with E-state index in [-0.39, 0.29) is 11.9 Å². The fourth-order valence-electron chi connectivity index (χ4n) is 2.77. The van der Waals surface area contributed by atoms with E-state index in [0.717, 1.165) is 15.9 Å². The minimum absolute atomic E-state index is 0.293. The number of imidazole rings is 1. The Hall–Kier alpha value is -2.65. The highest BCUT2D eigenvalue weighted by Gasteiger charge is 2.39.